The maximum atomic E-state index is 12.4. The number of hydrogen-bond donors (Lipinski definition) is 3. The zero-order valence-electron chi connectivity index (χ0n) is 12.2. The SMILES string of the molecule is CC1CCCC(C)N1C(=O)Nc1cccc(C(=O)O)c1O. The number of nitrogens with one attached hydrogen (secondary N) is 1. The van der Waals surface area contributed by atoms with Crippen molar-refractivity contribution in [2.75, 3.05) is 5.32 Å². The average Bonchev–Trinajstić information content (AvgIpc) is 2.40. The van der Waals surface area contributed by atoms with Crippen LogP contribution in [0.2, 0.25) is 0 Å². The molecule has 2 amide bonds. The summed E-state index contributed by atoms with van der Waals surface area (Å²) in [5.41, 5.74) is -0.114. The van der Waals surface area contributed by atoms with E-state index in [0.29, 0.717) is 0 Å². The van der Waals surface area contributed by atoms with E-state index < -0.39 is 11.7 Å². The Labute approximate surface area is 123 Å². The molecule has 6 heteroatoms. The lowest BCUT2D eigenvalue weighted by Gasteiger charge is -2.38. The Morgan fingerprint density at radius 2 is 1.86 bits per heavy atom. The van der Waals surface area contributed by atoms with E-state index in [1.165, 1.54) is 18.2 Å². The minimum atomic E-state index is -1.23. The molecule has 1 aromatic rings. The molecule has 1 aliphatic rings. The third kappa shape index (κ3) is 3.09. The van der Waals surface area contributed by atoms with E-state index in [0.717, 1.165) is 19.3 Å². The molecule has 1 fully saturated rings. The summed E-state index contributed by atoms with van der Waals surface area (Å²) in [4.78, 5) is 25.1. The number of anilines is 1. The van der Waals surface area contributed by atoms with Crippen molar-refractivity contribution in [3.63, 3.8) is 0 Å². The predicted molar refractivity (Wildman–Crippen MR) is 78.7 cm³/mol. The summed E-state index contributed by atoms with van der Waals surface area (Å²) in [6, 6.07) is 4.20. The predicted octanol–water partition coefficient (Wildman–Crippen LogP) is 2.89. The molecule has 2 unspecified atom stereocenters. The number of urea groups is 1. The van der Waals surface area contributed by atoms with E-state index in [2.05, 4.69) is 5.32 Å². The molecule has 1 saturated heterocycles. The molecular formula is C15H20N2O4. The second-order valence-corrected chi connectivity index (χ2v) is 5.47. The van der Waals surface area contributed by atoms with Crippen LogP contribution in [0.1, 0.15) is 43.5 Å². The molecule has 6 nitrogen and oxygen atoms in total. The van der Waals surface area contributed by atoms with Gasteiger partial charge in [0, 0.05) is 12.1 Å². The van der Waals surface area contributed by atoms with Crippen LogP contribution in [0.5, 0.6) is 5.75 Å². The number of carboxylic acids is 1. The minimum absolute atomic E-state index is 0.116. The average molecular weight is 292 g/mol. The maximum Gasteiger partial charge on any atom is 0.339 e. The lowest BCUT2D eigenvalue weighted by atomic mass is 9.98. The molecule has 114 valence electrons. The number of likely N-dealkylation sites (tertiary alicyclic amines) is 1. The Morgan fingerprint density at radius 1 is 1.24 bits per heavy atom. The number of aromatic hydroxyl groups is 1. The summed E-state index contributed by atoms with van der Waals surface area (Å²) >= 11 is 0. The van der Waals surface area contributed by atoms with Crippen LogP contribution in [-0.2, 0) is 0 Å². The van der Waals surface area contributed by atoms with Crippen molar-refractivity contribution in [2.45, 2.75) is 45.2 Å². The molecule has 1 heterocycles. The Hall–Kier alpha value is -2.24. The molecular weight excluding hydrogens is 272 g/mol. The molecule has 1 aliphatic heterocycles. The topological polar surface area (TPSA) is 89.9 Å². The monoisotopic (exact) mass is 292 g/mol. The minimum Gasteiger partial charge on any atom is -0.505 e. The van der Waals surface area contributed by atoms with E-state index >= 15 is 0 Å². The van der Waals surface area contributed by atoms with Crippen molar-refractivity contribution >= 4 is 17.7 Å². The van der Waals surface area contributed by atoms with E-state index in [1.54, 1.807) is 4.90 Å². The number of amides is 2. The van der Waals surface area contributed by atoms with Crippen LogP contribution in [-0.4, -0.2) is 39.2 Å². The Morgan fingerprint density at radius 3 is 2.43 bits per heavy atom. The first-order valence-electron chi connectivity index (χ1n) is 7.06. The number of carbonyl (C=O) groups is 2. The normalized spacial score (nSPS) is 21.9. The smallest absolute Gasteiger partial charge is 0.339 e. The molecule has 0 saturated carbocycles. The molecule has 1 aromatic carbocycles. The van der Waals surface area contributed by atoms with Gasteiger partial charge in [-0.3, -0.25) is 0 Å². The second-order valence-electron chi connectivity index (χ2n) is 5.47. The highest BCUT2D eigenvalue weighted by atomic mass is 16.4. The fraction of sp³-hybridized carbons (Fsp3) is 0.467. The van der Waals surface area contributed by atoms with Crippen LogP contribution in [0.15, 0.2) is 18.2 Å². The van der Waals surface area contributed by atoms with Gasteiger partial charge in [-0.25, -0.2) is 9.59 Å². The van der Waals surface area contributed by atoms with Crippen LogP contribution in [0.3, 0.4) is 0 Å². The summed E-state index contributed by atoms with van der Waals surface area (Å²) in [6.45, 7) is 3.98. The molecule has 0 spiro atoms. The number of aromatic carboxylic acids is 1. The molecule has 21 heavy (non-hydrogen) atoms. The Balaban J connectivity index is 2.20. The quantitative estimate of drug-likeness (QED) is 0.731. The molecule has 0 aliphatic carbocycles. The van der Waals surface area contributed by atoms with Crippen LogP contribution >= 0.6 is 0 Å². The standard InChI is InChI=1S/C15H20N2O4/c1-9-5-3-6-10(2)17(9)15(21)16-12-8-4-7-11(13(12)18)14(19)20/h4,7-10,18H,3,5-6H2,1-2H3,(H,16,21)(H,19,20). The van der Waals surface area contributed by atoms with Gasteiger partial charge in [-0.05, 0) is 45.2 Å². The first kappa shape index (κ1) is 15.2. The molecule has 2 rings (SSSR count). The van der Waals surface area contributed by atoms with Crippen molar-refractivity contribution < 1.29 is 19.8 Å². The number of rotatable bonds is 2. The largest absolute Gasteiger partial charge is 0.505 e. The van der Waals surface area contributed by atoms with Crippen LogP contribution in [0, 0.1) is 0 Å². The Kier molecular flexibility index (Phi) is 4.35. The first-order valence-corrected chi connectivity index (χ1v) is 7.06. The first-order chi connectivity index (χ1) is 9.91. The van der Waals surface area contributed by atoms with Gasteiger partial charge in [-0.15, -0.1) is 0 Å². The van der Waals surface area contributed by atoms with E-state index in [1.807, 2.05) is 13.8 Å². The van der Waals surface area contributed by atoms with Gasteiger partial charge in [0.1, 0.15) is 5.56 Å². The van der Waals surface area contributed by atoms with Crippen LogP contribution in [0.4, 0.5) is 10.5 Å². The van der Waals surface area contributed by atoms with E-state index in [-0.39, 0.29) is 29.4 Å². The fourth-order valence-electron chi connectivity index (χ4n) is 2.82. The lowest BCUT2D eigenvalue weighted by molar-refractivity contribution is 0.0693. The zero-order valence-corrected chi connectivity index (χ0v) is 12.2. The van der Waals surface area contributed by atoms with Gasteiger partial charge < -0.3 is 20.4 Å². The molecule has 2 atom stereocenters. The van der Waals surface area contributed by atoms with Crippen molar-refractivity contribution in [3.05, 3.63) is 23.8 Å². The summed E-state index contributed by atoms with van der Waals surface area (Å²) < 4.78 is 0. The van der Waals surface area contributed by atoms with Gasteiger partial charge >= 0.3 is 12.0 Å². The van der Waals surface area contributed by atoms with E-state index in [4.69, 9.17) is 5.11 Å². The molecule has 0 bridgehead atoms. The number of phenols is 1. The third-order valence-corrected chi connectivity index (χ3v) is 3.94. The van der Waals surface area contributed by atoms with Gasteiger partial charge in [-0.1, -0.05) is 6.07 Å². The van der Waals surface area contributed by atoms with Crippen molar-refractivity contribution in [3.8, 4) is 5.75 Å². The number of carboxylic acid groups (broad SMARTS) is 1. The summed E-state index contributed by atoms with van der Waals surface area (Å²) in [6.07, 6.45) is 2.98. The number of benzene rings is 1. The number of hydrogen-bond acceptors (Lipinski definition) is 3. The number of carbonyl (C=O) groups excluding carboxylic acids is 1. The van der Waals surface area contributed by atoms with Gasteiger partial charge in [-0.2, -0.15) is 0 Å². The van der Waals surface area contributed by atoms with Gasteiger partial charge in [0.05, 0.1) is 5.69 Å². The van der Waals surface area contributed by atoms with E-state index in [9.17, 15) is 14.7 Å². The summed E-state index contributed by atoms with van der Waals surface area (Å²) in [5.74, 6) is -1.65. The highest BCUT2D eigenvalue weighted by molar-refractivity contribution is 5.97. The maximum absolute atomic E-state index is 12.4. The van der Waals surface area contributed by atoms with Crippen molar-refractivity contribution in [1.29, 1.82) is 0 Å². The Bertz CT molecular complexity index is 549. The second kappa shape index (κ2) is 6.03. The van der Waals surface area contributed by atoms with Gasteiger partial charge in [0.15, 0.2) is 5.75 Å². The summed E-state index contributed by atoms with van der Waals surface area (Å²) in [5, 5.41) is 21.5. The van der Waals surface area contributed by atoms with Gasteiger partial charge in [0.25, 0.3) is 0 Å². The molecule has 0 aromatic heterocycles. The lowest BCUT2D eigenvalue weighted by Crippen LogP contribution is -2.49. The number of para-hydroxylation sites is 1. The van der Waals surface area contributed by atoms with Crippen LogP contribution < -0.4 is 5.32 Å². The zero-order chi connectivity index (χ0) is 15.6. The van der Waals surface area contributed by atoms with Crippen LogP contribution in [0.25, 0.3) is 0 Å². The number of nitrogens with zero attached hydrogens (tertiary/aromatic N) is 1. The number of piperidine rings is 1. The third-order valence-electron chi connectivity index (χ3n) is 3.94. The van der Waals surface area contributed by atoms with Gasteiger partial charge in [0.2, 0.25) is 0 Å². The summed E-state index contributed by atoms with van der Waals surface area (Å²) in [7, 11) is 0. The molecule has 3 N–H and O–H groups in total. The van der Waals surface area contributed by atoms with Crippen molar-refractivity contribution in [1.82, 2.24) is 4.90 Å². The highest BCUT2D eigenvalue weighted by Crippen LogP contribution is 2.29. The highest BCUT2D eigenvalue weighted by Gasteiger charge is 2.29. The van der Waals surface area contributed by atoms with Crippen molar-refractivity contribution in [2.24, 2.45) is 0 Å². The molecule has 0 radical (unpaired) electrons. The fourth-order valence-corrected chi connectivity index (χ4v) is 2.82.